The molecule has 0 aliphatic rings. The molecule has 0 aromatic carbocycles. The summed E-state index contributed by atoms with van der Waals surface area (Å²) in [7, 11) is 0. The molecule has 2 heterocycles. The van der Waals surface area contributed by atoms with E-state index in [0.717, 1.165) is 11.1 Å². The molecular formula is C15H26N3+. The molecule has 1 N–H and O–H groups in total. The van der Waals surface area contributed by atoms with Crippen molar-refractivity contribution in [3.63, 3.8) is 0 Å². The number of rotatable bonds is 0. The number of aromatic amines is 1. The summed E-state index contributed by atoms with van der Waals surface area (Å²) in [4.78, 5) is 1.29. The standard InChI is InChI=1S/C6H7N.C5H6N2.2C2H6/c1-6-3-2-4-7-5-6;1-5-2-3-6-7-4-5;2*1-2/h2-5H,1H3;2-4H,1H3;2*1-2H3/p+1/i/hT. The quantitative estimate of drug-likeness (QED) is 0.716. The number of nitrogens with zero attached hydrogens (tertiary/aromatic N) is 2. The molecule has 3 nitrogen and oxygen atoms in total. The fraction of sp³-hybridized carbons (Fsp3) is 0.400. The molecule has 18 heavy (non-hydrogen) atoms. The molecule has 3 heteroatoms. The monoisotopic (exact) mass is 250 g/mol. The van der Waals surface area contributed by atoms with E-state index < -0.39 is 0 Å². The van der Waals surface area contributed by atoms with Crippen molar-refractivity contribution in [1.29, 1.82) is 0 Å². The third-order valence-corrected chi connectivity index (χ3v) is 1.54. The number of H-pyrrole nitrogens is 1. The lowest BCUT2D eigenvalue weighted by Gasteiger charge is -1.80. The molecule has 0 radical (unpaired) electrons. The summed E-state index contributed by atoms with van der Waals surface area (Å²) < 4.78 is 7.05. The maximum atomic E-state index is 7.05. The highest BCUT2D eigenvalue weighted by molar-refractivity contribution is 5.01. The Morgan fingerprint density at radius 1 is 1.00 bits per heavy atom. The minimum atomic E-state index is 1.11. The van der Waals surface area contributed by atoms with Gasteiger partial charge < -0.3 is 0 Å². The van der Waals surface area contributed by atoms with Crippen LogP contribution in [0, 0.1) is 13.8 Å². The van der Waals surface area contributed by atoms with Crippen LogP contribution in [0.15, 0.2) is 43.0 Å². The maximum Gasteiger partial charge on any atom is 0.453 e. The largest absolute Gasteiger partial charge is 0.453 e. The fourth-order valence-corrected chi connectivity index (χ4v) is 0.805. The lowest BCUT2D eigenvalue weighted by molar-refractivity contribution is -0.378. The average molecular weight is 250 g/mol. The molecular weight excluding hydrogens is 222 g/mol. The summed E-state index contributed by atoms with van der Waals surface area (Å²) >= 11 is 0. The Kier molecular flexibility index (Phi) is 13.7. The third-order valence-electron chi connectivity index (χ3n) is 1.54. The Morgan fingerprint density at radius 2 is 1.67 bits per heavy atom. The van der Waals surface area contributed by atoms with Gasteiger partial charge in [-0.05, 0) is 31.5 Å². The highest BCUT2D eigenvalue weighted by Crippen LogP contribution is 1.85. The maximum absolute atomic E-state index is 7.05. The van der Waals surface area contributed by atoms with E-state index in [0.29, 0.717) is 0 Å². The summed E-state index contributed by atoms with van der Waals surface area (Å²) in [6.45, 7) is 11.9. The zero-order valence-electron chi connectivity index (χ0n) is 13.4. The Labute approximate surface area is 113 Å². The minimum Gasteiger partial charge on any atom is -0.218 e. The first-order chi connectivity index (χ1) is 9.18. The molecule has 0 aliphatic carbocycles. The smallest absolute Gasteiger partial charge is 0.218 e. The molecule has 0 saturated heterocycles. The summed E-state index contributed by atoms with van der Waals surface area (Å²) in [5.41, 5.74) is 2.26. The van der Waals surface area contributed by atoms with Gasteiger partial charge in [0, 0.05) is 17.8 Å². The van der Waals surface area contributed by atoms with Crippen LogP contribution in [0.4, 0.5) is 0 Å². The Hall–Kier alpha value is -1.77. The molecule has 0 spiro atoms. The van der Waals surface area contributed by atoms with E-state index in [4.69, 9.17) is 1.41 Å². The van der Waals surface area contributed by atoms with Crippen LogP contribution in [0.2, 0.25) is 1.41 Å². The van der Waals surface area contributed by atoms with Gasteiger partial charge in [0.15, 0.2) is 12.4 Å². The molecule has 0 bridgehead atoms. The summed E-state index contributed by atoms with van der Waals surface area (Å²) in [5.74, 6) is 0. The van der Waals surface area contributed by atoms with Crippen molar-refractivity contribution >= 4 is 0 Å². The van der Waals surface area contributed by atoms with Crippen molar-refractivity contribution in [1.82, 2.24) is 10.2 Å². The van der Waals surface area contributed by atoms with Crippen LogP contribution in [0.5, 0.6) is 0 Å². The van der Waals surface area contributed by atoms with Gasteiger partial charge in [0.05, 0.1) is 6.20 Å². The van der Waals surface area contributed by atoms with Gasteiger partial charge in [-0.25, -0.2) is 4.98 Å². The van der Waals surface area contributed by atoms with Crippen LogP contribution in [-0.2, 0) is 0 Å². The van der Waals surface area contributed by atoms with E-state index in [2.05, 4.69) is 10.2 Å². The number of nitrogens with one attached hydrogen (secondary N) is 1. The van der Waals surface area contributed by atoms with Gasteiger partial charge in [-0.3, -0.25) is 0 Å². The van der Waals surface area contributed by atoms with Gasteiger partial charge in [0.1, 0.15) is 0 Å². The van der Waals surface area contributed by atoms with Crippen molar-refractivity contribution in [2.75, 3.05) is 0 Å². The van der Waals surface area contributed by atoms with Crippen molar-refractivity contribution in [3.8, 4) is 0 Å². The molecule has 2 aromatic rings. The van der Waals surface area contributed by atoms with Crippen LogP contribution in [0.25, 0.3) is 0 Å². The predicted molar refractivity (Wildman–Crippen MR) is 77.2 cm³/mol. The Morgan fingerprint density at radius 3 is 1.94 bits per heavy atom. The zero-order valence-corrected chi connectivity index (χ0v) is 12.4. The zero-order chi connectivity index (χ0) is 15.1. The van der Waals surface area contributed by atoms with Gasteiger partial charge in [-0.2, -0.15) is 10.2 Å². The molecule has 0 aliphatic heterocycles. The second-order valence-electron chi connectivity index (χ2n) is 2.95. The van der Waals surface area contributed by atoms with Crippen LogP contribution < -0.4 is 4.98 Å². The molecule has 2 rings (SSSR count). The van der Waals surface area contributed by atoms with Crippen molar-refractivity contribution < 1.29 is 6.39 Å². The first-order valence-electron chi connectivity index (χ1n) is 6.83. The van der Waals surface area contributed by atoms with Gasteiger partial charge in [0.25, 0.3) is 0 Å². The van der Waals surface area contributed by atoms with E-state index in [1.54, 1.807) is 24.8 Å². The van der Waals surface area contributed by atoms with Crippen LogP contribution in [0.1, 0.15) is 38.8 Å². The van der Waals surface area contributed by atoms with Crippen molar-refractivity contribution in [2.24, 2.45) is 0 Å². The molecule has 0 fully saturated rings. The second kappa shape index (κ2) is 15.2. The van der Waals surface area contributed by atoms with Crippen LogP contribution in [0.3, 0.4) is 0 Å². The highest BCUT2D eigenvalue weighted by atomic mass is 15.1. The van der Waals surface area contributed by atoms with Gasteiger partial charge in [-0.15, -0.1) is 0 Å². The first kappa shape index (κ1) is 16.2. The number of pyridine rings is 1. The van der Waals surface area contributed by atoms with E-state index >= 15 is 0 Å². The number of aromatic nitrogens is 3. The Balaban J connectivity index is 0. The molecule has 2 aromatic heterocycles. The van der Waals surface area contributed by atoms with E-state index in [1.165, 1.54) is 4.98 Å². The number of hydrogen-bond donors (Lipinski definition) is 0. The predicted octanol–water partition coefficient (Wildman–Crippen LogP) is 3.65. The minimum absolute atomic E-state index is 1.11. The van der Waals surface area contributed by atoms with Crippen molar-refractivity contribution in [3.05, 3.63) is 54.1 Å². The van der Waals surface area contributed by atoms with Gasteiger partial charge in [-0.1, -0.05) is 27.7 Å². The molecule has 100 valence electrons. The topological polar surface area (TPSA) is 39.9 Å². The lowest BCUT2D eigenvalue weighted by Crippen LogP contribution is -1.97. The summed E-state index contributed by atoms with van der Waals surface area (Å²) in [6.07, 6.45) is 6.84. The second-order valence-corrected chi connectivity index (χ2v) is 2.95. The van der Waals surface area contributed by atoms with Crippen LogP contribution >= 0.6 is 0 Å². The van der Waals surface area contributed by atoms with Gasteiger partial charge in [0.2, 0.25) is 0 Å². The summed E-state index contributed by atoms with van der Waals surface area (Å²) in [5, 5.41) is 7.23. The normalized spacial score (nSPS) is 8.22. The molecule has 0 saturated carbocycles. The lowest BCUT2D eigenvalue weighted by atomic mass is 10.3. The van der Waals surface area contributed by atoms with E-state index in [1.807, 2.05) is 59.7 Å². The molecule has 0 atom stereocenters. The average Bonchev–Trinajstić information content (AvgIpc) is 2.44. The van der Waals surface area contributed by atoms with Crippen LogP contribution in [-0.4, -0.2) is 10.2 Å². The highest BCUT2D eigenvalue weighted by Gasteiger charge is 1.79. The first-order valence-corrected chi connectivity index (χ1v) is 6.39. The Bertz CT molecular complexity index is 388. The third kappa shape index (κ3) is 12.3. The van der Waals surface area contributed by atoms with Crippen molar-refractivity contribution in [2.45, 2.75) is 41.5 Å². The van der Waals surface area contributed by atoms with E-state index in [-0.39, 0.29) is 0 Å². The summed E-state index contributed by atoms with van der Waals surface area (Å²) in [6, 6.07) is 5.72. The number of aryl methyl sites for hydroxylation is 2. The molecule has 0 amide bonds. The fourth-order valence-electron chi connectivity index (χ4n) is 0.805. The SMILES string of the molecule is CC.CC.Cc1ccnnc1.[3H][n+]1cccc(C)c1. The van der Waals surface area contributed by atoms with Gasteiger partial charge >= 0.3 is 1.41 Å². The number of hydrogen-bond acceptors (Lipinski definition) is 2. The van der Waals surface area contributed by atoms with E-state index in [9.17, 15) is 0 Å². The molecule has 0 unspecified atom stereocenters.